The van der Waals surface area contributed by atoms with E-state index in [0.717, 1.165) is 21.1 Å². The van der Waals surface area contributed by atoms with Crippen molar-refractivity contribution in [3.8, 4) is 0 Å². The maximum absolute atomic E-state index is 12.2. The first-order valence-electron chi connectivity index (χ1n) is 7.41. The molecule has 1 aliphatic heterocycles. The van der Waals surface area contributed by atoms with Crippen LogP contribution >= 0.6 is 0 Å². The summed E-state index contributed by atoms with van der Waals surface area (Å²) in [5.74, 6) is -5.86. The predicted molar refractivity (Wildman–Crippen MR) is 78.9 cm³/mol. The predicted octanol–water partition coefficient (Wildman–Crippen LogP) is -0.569. The van der Waals surface area contributed by atoms with Gasteiger partial charge in [0.15, 0.2) is 18.3 Å². The highest BCUT2D eigenvalue weighted by atomic mass is 16.7. The summed E-state index contributed by atoms with van der Waals surface area (Å²) in [7, 11) is 3.47. The molecule has 1 aliphatic rings. The number of hydrogen-bond donors (Lipinski definition) is 0. The zero-order chi connectivity index (χ0) is 19.1. The van der Waals surface area contributed by atoms with Crippen LogP contribution < -0.4 is 0 Å². The molecule has 0 bridgehead atoms. The largest absolute Gasteiger partial charge is 0.468 e. The van der Waals surface area contributed by atoms with Gasteiger partial charge in [0, 0.05) is 21.0 Å². The second-order valence-corrected chi connectivity index (χ2v) is 5.26. The van der Waals surface area contributed by atoms with Gasteiger partial charge in [0.2, 0.25) is 0 Å². The van der Waals surface area contributed by atoms with Crippen molar-refractivity contribution in [2.75, 3.05) is 27.9 Å². The first-order chi connectivity index (χ1) is 11.8. The summed E-state index contributed by atoms with van der Waals surface area (Å²) in [6.07, 6.45) is -3.31. The van der Waals surface area contributed by atoms with Crippen molar-refractivity contribution in [1.29, 1.82) is 0 Å². The Balaban J connectivity index is 3.34. The molecule has 0 aliphatic carbocycles. The van der Waals surface area contributed by atoms with Crippen molar-refractivity contribution in [2.45, 2.75) is 32.3 Å². The summed E-state index contributed by atoms with van der Waals surface area (Å²) >= 11 is 0. The van der Waals surface area contributed by atoms with Crippen LogP contribution in [0, 0.1) is 11.8 Å². The second-order valence-electron chi connectivity index (χ2n) is 5.26. The lowest BCUT2D eigenvalue weighted by molar-refractivity contribution is -0.262. The Morgan fingerprint density at radius 2 is 1.44 bits per heavy atom. The molecule has 142 valence electrons. The minimum atomic E-state index is -1.51. The molecule has 0 saturated carbocycles. The Kier molecular flexibility index (Phi) is 7.78. The smallest absolute Gasteiger partial charge is 0.320 e. The lowest BCUT2D eigenvalue weighted by Gasteiger charge is -2.42. The maximum Gasteiger partial charge on any atom is 0.320 e. The zero-order valence-electron chi connectivity index (χ0n) is 14.7. The van der Waals surface area contributed by atoms with Crippen molar-refractivity contribution in [3.63, 3.8) is 0 Å². The molecule has 1 heterocycles. The van der Waals surface area contributed by atoms with Gasteiger partial charge in [-0.1, -0.05) is 0 Å². The van der Waals surface area contributed by atoms with Gasteiger partial charge in [0.05, 0.1) is 26.7 Å². The fraction of sp³-hybridized carbons (Fsp3) is 0.733. The van der Waals surface area contributed by atoms with Gasteiger partial charge in [-0.25, -0.2) is 0 Å². The Labute approximate surface area is 144 Å². The highest BCUT2D eigenvalue weighted by molar-refractivity contribution is 5.95. The van der Waals surface area contributed by atoms with E-state index in [1.165, 1.54) is 14.0 Å². The molecule has 10 nitrogen and oxygen atoms in total. The lowest BCUT2D eigenvalue weighted by Crippen LogP contribution is -2.58. The molecule has 25 heavy (non-hydrogen) atoms. The molecule has 0 amide bonds. The molecule has 0 aromatic carbocycles. The number of methoxy groups -OCH3 is 3. The fourth-order valence-corrected chi connectivity index (χ4v) is 2.70. The van der Waals surface area contributed by atoms with Crippen molar-refractivity contribution < 1.29 is 47.6 Å². The van der Waals surface area contributed by atoms with Gasteiger partial charge in [-0.3, -0.25) is 19.2 Å². The van der Waals surface area contributed by atoms with Crippen molar-refractivity contribution in [3.05, 3.63) is 0 Å². The number of carbonyl (C=O) groups excluding carboxylic acids is 4. The van der Waals surface area contributed by atoms with Crippen molar-refractivity contribution >= 4 is 23.9 Å². The molecule has 4 atom stereocenters. The SMILES string of the molecule is COC(=O)C(C(=O)OC)[C@H]1[C@H](OC)OC[C@@H](OC(C)=O)[C@H]1OC(C)=O. The quantitative estimate of drug-likeness (QED) is 0.345. The van der Waals surface area contributed by atoms with Gasteiger partial charge in [-0.05, 0) is 0 Å². The van der Waals surface area contributed by atoms with Crippen LogP contribution in [0.3, 0.4) is 0 Å². The molecule has 0 aromatic heterocycles. The van der Waals surface area contributed by atoms with E-state index in [-0.39, 0.29) is 6.61 Å². The van der Waals surface area contributed by atoms with Crippen LogP contribution in [0.1, 0.15) is 13.8 Å². The van der Waals surface area contributed by atoms with Crippen LogP contribution in [0.15, 0.2) is 0 Å². The molecular weight excluding hydrogens is 340 g/mol. The minimum absolute atomic E-state index is 0.151. The third-order valence-corrected chi connectivity index (χ3v) is 3.63. The number of hydrogen-bond acceptors (Lipinski definition) is 10. The maximum atomic E-state index is 12.2. The monoisotopic (exact) mass is 362 g/mol. The van der Waals surface area contributed by atoms with Gasteiger partial charge >= 0.3 is 23.9 Å². The Morgan fingerprint density at radius 3 is 1.84 bits per heavy atom. The Morgan fingerprint density at radius 1 is 0.920 bits per heavy atom. The average molecular weight is 362 g/mol. The lowest BCUT2D eigenvalue weighted by atomic mass is 9.82. The molecule has 1 rings (SSSR count). The molecule has 0 N–H and O–H groups in total. The number of ether oxygens (including phenoxy) is 6. The van der Waals surface area contributed by atoms with E-state index in [1.807, 2.05) is 0 Å². The topological polar surface area (TPSA) is 124 Å². The van der Waals surface area contributed by atoms with Gasteiger partial charge < -0.3 is 28.4 Å². The molecule has 0 unspecified atom stereocenters. The second kappa shape index (κ2) is 9.33. The van der Waals surface area contributed by atoms with Crippen LogP contribution in [0.25, 0.3) is 0 Å². The first kappa shape index (κ1) is 20.8. The molecule has 1 fully saturated rings. The van der Waals surface area contributed by atoms with Gasteiger partial charge in [-0.2, -0.15) is 0 Å². The highest BCUT2D eigenvalue weighted by Gasteiger charge is 2.54. The molecule has 1 saturated heterocycles. The number of carbonyl (C=O) groups is 4. The van der Waals surface area contributed by atoms with E-state index in [1.54, 1.807) is 0 Å². The molecule has 10 heteroatoms. The van der Waals surface area contributed by atoms with E-state index in [4.69, 9.17) is 18.9 Å². The van der Waals surface area contributed by atoms with Crippen molar-refractivity contribution in [1.82, 2.24) is 0 Å². The normalized spacial score (nSPS) is 25.8. The van der Waals surface area contributed by atoms with Crippen LogP contribution in [0.4, 0.5) is 0 Å². The minimum Gasteiger partial charge on any atom is -0.468 e. The van der Waals surface area contributed by atoms with Crippen LogP contribution in [0.2, 0.25) is 0 Å². The standard InChI is InChI=1S/C15H22O10/c1-7(16)24-9-6-23-15(22-5)10(12(9)25-8(2)17)11(13(18)20-3)14(19)21-4/h9-12,15H,6H2,1-5H3/t9-,10-,12-,15-/m1/s1. The van der Waals surface area contributed by atoms with Gasteiger partial charge in [-0.15, -0.1) is 0 Å². The average Bonchev–Trinajstić information content (AvgIpc) is 2.56. The third-order valence-electron chi connectivity index (χ3n) is 3.63. The van der Waals surface area contributed by atoms with E-state index in [9.17, 15) is 19.2 Å². The molecule has 0 aromatic rings. The Bertz CT molecular complexity index is 500. The Hall–Kier alpha value is -2.20. The summed E-state index contributed by atoms with van der Waals surface area (Å²) in [6, 6.07) is 0. The summed E-state index contributed by atoms with van der Waals surface area (Å²) in [5.41, 5.74) is 0. The van der Waals surface area contributed by atoms with Crippen LogP contribution in [-0.4, -0.2) is 70.3 Å². The fourth-order valence-electron chi connectivity index (χ4n) is 2.70. The van der Waals surface area contributed by atoms with E-state index >= 15 is 0 Å². The summed E-state index contributed by atoms with van der Waals surface area (Å²) in [5, 5.41) is 0. The molecule has 0 radical (unpaired) electrons. The zero-order valence-corrected chi connectivity index (χ0v) is 14.7. The first-order valence-corrected chi connectivity index (χ1v) is 7.41. The van der Waals surface area contributed by atoms with E-state index < -0.39 is 54.2 Å². The third kappa shape index (κ3) is 5.13. The van der Waals surface area contributed by atoms with Crippen LogP contribution in [0.5, 0.6) is 0 Å². The molecule has 0 spiro atoms. The van der Waals surface area contributed by atoms with E-state index in [0.29, 0.717) is 0 Å². The van der Waals surface area contributed by atoms with E-state index in [2.05, 4.69) is 9.47 Å². The number of rotatable bonds is 6. The van der Waals surface area contributed by atoms with Gasteiger partial charge in [0.1, 0.15) is 6.10 Å². The number of esters is 4. The van der Waals surface area contributed by atoms with Crippen molar-refractivity contribution in [2.24, 2.45) is 11.8 Å². The van der Waals surface area contributed by atoms with Gasteiger partial charge in [0.25, 0.3) is 0 Å². The molecular formula is C15H22O10. The highest BCUT2D eigenvalue weighted by Crippen LogP contribution is 2.34. The summed E-state index contributed by atoms with van der Waals surface area (Å²) in [6.45, 7) is 2.16. The van der Waals surface area contributed by atoms with Crippen LogP contribution in [-0.2, 0) is 47.6 Å². The summed E-state index contributed by atoms with van der Waals surface area (Å²) < 4.78 is 30.2. The summed E-state index contributed by atoms with van der Waals surface area (Å²) in [4.78, 5) is 47.1.